The zero-order valence-electron chi connectivity index (χ0n) is 12.1. The minimum atomic E-state index is -1.01. The van der Waals surface area contributed by atoms with Crippen molar-refractivity contribution in [1.82, 2.24) is 4.90 Å². The first-order valence-electron chi connectivity index (χ1n) is 6.53. The molecule has 0 unspecified atom stereocenters. The van der Waals surface area contributed by atoms with Crippen molar-refractivity contribution in [3.05, 3.63) is 35.4 Å². The number of benzene rings is 1. The smallest absolute Gasteiger partial charge is 0.323 e. The molecule has 0 heterocycles. The molecule has 1 N–H and O–H groups in total. The van der Waals surface area contributed by atoms with E-state index in [0.29, 0.717) is 18.7 Å². The van der Waals surface area contributed by atoms with Crippen LogP contribution in [0.1, 0.15) is 29.8 Å². The van der Waals surface area contributed by atoms with E-state index in [4.69, 9.17) is 9.84 Å². The molecule has 0 aromatic heterocycles. The molecular formula is C15H21NO4. The number of carboxylic acid groups (broad SMARTS) is 1. The topological polar surface area (TPSA) is 66.8 Å². The predicted octanol–water partition coefficient (Wildman–Crippen LogP) is 2.02. The van der Waals surface area contributed by atoms with E-state index in [1.54, 1.807) is 25.3 Å². The number of carboxylic acids is 1. The maximum Gasteiger partial charge on any atom is 0.323 e. The van der Waals surface area contributed by atoms with Gasteiger partial charge >= 0.3 is 5.97 Å². The van der Waals surface area contributed by atoms with Gasteiger partial charge in [0.05, 0.1) is 6.61 Å². The lowest BCUT2D eigenvalue weighted by Gasteiger charge is -2.23. The molecule has 1 aromatic rings. The summed E-state index contributed by atoms with van der Waals surface area (Å²) in [7, 11) is 1.59. The van der Waals surface area contributed by atoms with Crippen LogP contribution in [0.5, 0.6) is 0 Å². The number of hydrogen-bond acceptors (Lipinski definition) is 3. The summed E-state index contributed by atoms with van der Waals surface area (Å²) in [6, 6.07) is 7.07. The second kappa shape index (κ2) is 7.65. The van der Waals surface area contributed by atoms with Gasteiger partial charge in [0.2, 0.25) is 0 Å². The highest BCUT2D eigenvalue weighted by molar-refractivity contribution is 5.96. The second-order valence-electron chi connectivity index (χ2n) is 5.11. The van der Waals surface area contributed by atoms with E-state index >= 15 is 0 Å². The Morgan fingerprint density at radius 1 is 1.35 bits per heavy atom. The number of nitrogens with zero attached hydrogens (tertiary/aromatic N) is 1. The molecule has 1 aromatic carbocycles. The van der Waals surface area contributed by atoms with Gasteiger partial charge in [-0.25, -0.2) is 0 Å². The van der Waals surface area contributed by atoms with Crippen molar-refractivity contribution in [2.45, 2.75) is 20.5 Å². The van der Waals surface area contributed by atoms with Crippen molar-refractivity contribution in [2.24, 2.45) is 5.92 Å². The molecule has 110 valence electrons. The SMILES string of the molecule is COCc1cccc(C(=O)N(CC(=O)O)CC(C)C)c1. The van der Waals surface area contributed by atoms with E-state index < -0.39 is 5.97 Å². The lowest BCUT2D eigenvalue weighted by atomic mass is 10.1. The summed E-state index contributed by atoms with van der Waals surface area (Å²) < 4.78 is 5.03. The predicted molar refractivity (Wildman–Crippen MR) is 75.5 cm³/mol. The molecule has 5 nitrogen and oxygen atoms in total. The van der Waals surface area contributed by atoms with E-state index in [2.05, 4.69) is 0 Å². The molecule has 0 fully saturated rings. The van der Waals surface area contributed by atoms with Gasteiger partial charge < -0.3 is 14.7 Å². The van der Waals surface area contributed by atoms with E-state index in [1.807, 2.05) is 19.9 Å². The van der Waals surface area contributed by atoms with Crippen molar-refractivity contribution in [1.29, 1.82) is 0 Å². The van der Waals surface area contributed by atoms with Crippen LogP contribution in [0.25, 0.3) is 0 Å². The largest absolute Gasteiger partial charge is 0.480 e. The first-order chi connectivity index (χ1) is 9.43. The molecule has 0 bridgehead atoms. The molecule has 0 aliphatic carbocycles. The molecule has 0 spiro atoms. The quantitative estimate of drug-likeness (QED) is 0.829. The molecule has 0 aliphatic heterocycles. The van der Waals surface area contributed by atoms with Gasteiger partial charge in [-0.15, -0.1) is 0 Å². The molecule has 0 saturated heterocycles. The van der Waals surface area contributed by atoms with Gasteiger partial charge in [-0.1, -0.05) is 26.0 Å². The fourth-order valence-corrected chi connectivity index (χ4v) is 1.97. The van der Waals surface area contributed by atoms with Crippen molar-refractivity contribution >= 4 is 11.9 Å². The standard InChI is InChI=1S/C15H21NO4/c1-11(2)8-16(9-14(17)18)15(19)13-6-4-5-12(7-13)10-20-3/h4-7,11H,8-10H2,1-3H3,(H,17,18). The van der Waals surface area contributed by atoms with E-state index in [0.717, 1.165) is 5.56 Å². The van der Waals surface area contributed by atoms with Crippen LogP contribution in [-0.4, -0.2) is 42.1 Å². The number of methoxy groups -OCH3 is 1. The van der Waals surface area contributed by atoms with Gasteiger partial charge in [0, 0.05) is 19.2 Å². The Hall–Kier alpha value is -1.88. The zero-order valence-corrected chi connectivity index (χ0v) is 12.1. The van der Waals surface area contributed by atoms with Gasteiger partial charge in [-0.3, -0.25) is 9.59 Å². The molecular weight excluding hydrogens is 258 g/mol. The summed E-state index contributed by atoms with van der Waals surface area (Å²) in [4.78, 5) is 24.6. The number of ether oxygens (including phenoxy) is 1. The third-order valence-electron chi connectivity index (χ3n) is 2.68. The van der Waals surface area contributed by atoms with Gasteiger partial charge in [-0.05, 0) is 23.6 Å². The van der Waals surface area contributed by atoms with Gasteiger partial charge in [0.15, 0.2) is 0 Å². The molecule has 0 saturated carbocycles. The summed E-state index contributed by atoms with van der Waals surface area (Å²) in [6.45, 7) is 4.45. The van der Waals surface area contributed by atoms with Crippen LogP contribution in [-0.2, 0) is 16.1 Å². The van der Waals surface area contributed by atoms with E-state index in [-0.39, 0.29) is 18.4 Å². The molecule has 0 atom stereocenters. The Morgan fingerprint density at radius 3 is 2.60 bits per heavy atom. The average Bonchev–Trinajstić information content (AvgIpc) is 2.37. The highest BCUT2D eigenvalue weighted by Gasteiger charge is 2.19. The number of amides is 1. The summed E-state index contributed by atoms with van der Waals surface area (Å²) in [5, 5.41) is 8.92. The Balaban J connectivity index is 2.92. The fraction of sp³-hybridized carbons (Fsp3) is 0.467. The monoisotopic (exact) mass is 279 g/mol. The summed E-state index contributed by atoms with van der Waals surface area (Å²) >= 11 is 0. The number of hydrogen-bond donors (Lipinski definition) is 1. The molecule has 0 aliphatic rings. The number of carbonyl (C=O) groups excluding carboxylic acids is 1. The molecule has 20 heavy (non-hydrogen) atoms. The van der Waals surface area contributed by atoms with E-state index in [1.165, 1.54) is 4.90 Å². The highest BCUT2D eigenvalue weighted by Crippen LogP contribution is 2.11. The fourth-order valence-electron chi connectivity index (χ4n) is 1.97. The average molecular weight is 279 g/mol. The normalized spacial score (nSPS) is 10.6. The summed E-state index contributed by atoms with van der Waals surface area (Å²) in [5.41, 5.74) is 1.37. The number of rotatable bonds is 7. The summed E-state index contributed by atoms with van der Waals surface area (Å²) in [5.74, 6) is -1.06. The maximum absolute atomic E-state index is 12.4. The van der Waals surface area contributed by atoms with Crippen LogP contribution in [0.2, 0.25) is 0 Å². The first kappa shape index (κ1) is 16.2. The van der Waals surface area contributed by atoms with Gasteiger partial charge in [0.25, 0.3) is 5.91 Å². The van der Waals surface area contributed by atoms with Gasteiger partial charge in [-0.2, -0.15) is 0 Å². The van der Waals surface area contributed by atoms with E-state index in [9.17, 15) is 9.59 Å². The molecule has 0 radical (unpaired) electrons. The second-order valence-corrected chi connectivity index (χ2v) is 5.11. The maximum atomic E-state index is 12.4. The van der Waals surface area contributed by atoms with Crippen LogP contribution in [0.3, 0.4) is 0 Å². The first-order valence-corrected chi connectivity index (χ1v) is 6.53. The molecule has 1 amide bonds. The minimum Gasteiger partial charge on any atom is -0.480 e. The lowest BCUT2D eigenvalue weighted by Crippen LogP contribution is -2.38. The zero-order chi connectivity index (χ0) is 15.1. The lowest BCUT2D eigenvalue weighted by molar-refractivity contribution is -0.137. The number of carbonyl (C=O) groups is 2. The highest BCUT2D eigenvalue weighted by atomic mass is 16.5. The van der Waals surface area contributed by atoms with Crippen LogP contribution in [0.4, 0.5) is 0 Å². The van der Waals surface area contributed by atoms with Crippen molar-refractivity contribution in [2.75, 3.05) is 20.2 Å². The third kappa shape index (κ3) is 5.01. The Morgan fingerprint density at radius 2 is 2.05 bits per heavy atom. The molecule has 5 heteroatoms. The van der Waals surface area contributed by atoms with Crippen LogP contribution in [0.15, 0.2) is 24.3 Å². The van der Waals surface area contributed by atoms with Crippen LogP contribution in [0, 0.1) is 5.92 Å². The summed E-state index contributed by atoms with van der Waals surface area (Å²) in [6.07, 6.45) is 0. The number of aliphatic carboxylic acids is 1. The van der Waals surface area contributed by atoms with Crippen molar-refractivity contribution < 1.29 is 19.4 Å². The minimum absolute atomic E-state index is 0.209. The third-order valence-corrected chi connectivity index (χ3v) is 2.68. The Kier molecular flexibility index (Phi) is 6.18. The Bertz CT molecular complexity index is 471. The van der Waals surface area contributed by atoms with Crippen LogP contribution >= 0.6 is 0 Å². The van der Waals surface area contributed by atoms with Crippen molar-refractivity contribution in [3.63, 3.8) is 0 Å². The van der Waals surface area contributed by atoms with Gasteiger partial charge in [0.1, 0.15) is 6.54 Å². The Labute approximate surface area is 119 Å². The van der Waals surface area contributed by atoms with Crippen molar-refractivity contribution in [3.8, 4) is 0 Å². The molecule has 1 rings (SSSR count). The van der Waals surface area contributed by atoms with Crippen LogP contribution < -0.4 is 0 Å².